The number of benzene rings is 1. The summed E-state index contributed by atoms with van der Waals surface area (Å²) in [5.74, 6) is 0.507. The molecule has 5 heteroatoms. The molecule has 0 aliphatic rings. The molecule has 1 unspecified atom stereocenters. The predicted octanol–water partition coefficient (Wildman–Crippen LogP) is 2.05. The van der Waals surface area contributed by atoms with E-state index >= 15 is 0 Å². The summed E-state index contributed by atoms with van der Waals surface area (Å²) < 4.78 is 0. The Kier molecular flexibility index (Phi) is 7.01. The number of hydrogen-bond donors (Lipinski definition) is 2. The summed E-state index contributed by atoms with van der Waals surface area (Å²) in [6, 6.07) is 9.29. The second-order valence-electron chi connectivity index (χ2n) is 4.30. The monoisotopic (exact) mass is 278 g/mol. The predicted molar refractivity (Wildman–Crippen MR) is 76.0 cm³/mol. The highest BCUT2D eigenvalue weighted by Gasteiger charge is 2.08. The number of carbonyl (C=O) groups is 1. The number of nitriles is 1. The van der Waals surface area contributed by atoms with Gasteiger partial charge in [-0.2, -0.15) is 5.26 Å². The molecule has 0 saturated carbocycles. The van der Waals surface area contributed by atoms with E-state index in [-0.39, 0.29) is 18.4 Å². The van der Waals surface area contributed by atoms with Gasteiger partial charge >= 0.3 is 0 Å². The fraction of sp³-hybridized carbons (Fsp3) is 0.429. The van der Waals surface area contributed by atoms with E-state index in [0.29, 0.717) is 24.3 Å². The Morgan fingerprint density at radius 2 is 2.37 bits per heavy atom. The Balaban J connectivity index is 2.54. The first kappa shape index (κ1) is 15.5. The average molecular weight is 278 g/mol. The molecule has 4 nitrogen and oxygen atoms in total. The summed E-state index contributed by atoms with van der Waals surface area (Å²) in [5.41, 5.74) is 0.596. The maximum atomic E-state index is 11.9. The molecule has 0 aliphatic heterocycles. The van der Waals surface area contributed by atoms with Crippen molar-refractivity contribution in [3.8, 4) is 6.07 Å². The van der Waals surface area contributed by atoms with Crippen molar-refractivity contribution in [3.05, 3.63) is 29.8 Å². The number of aliphatic hydroxyl groups is 1. The van der Waals surface area contributed by atoms with Crippen LogP contribution in [-0.2, 0) is 0 Å². The third-order valence-electron chi connectivity index (χ3n) is 2.63. The lowest BCUT2D eigenvalue weighted by Gasteiger charge is -2.11. The van der Waals surface area contributed by atoms with Crippen molar-refractivity contribution in [2.24, 2.45) is 5.92 Å². The number of hydrogen-bond acceptors (Lipinski definition) is 4. The molecule has 0 bridgehead atoms. The SMILES string of the molecule is CC(CCO)CNC(=O)c1cccc(SCC#N)c1. The van der Waals surface area contributed by atoms with Crippen LogP contribution in [-0.4, -0.2) is 29.9 Å². The van der Waals surface area contributed by atoms with Crippen molar-refractivity contribution in [2.75, 3.05) is 18.9 Å². The van der Waals surface area contributed by atoms with Gasteiger partial charge in [-0.25, -0.2) is 0 Å². The van der Waals surface area contributed by atoms with Crippen LogP contribution in [0.15, 0.2) is 29.2 Å². The minimum Gasteiger partial charge on any atom is -0.396 e. The van der Waals surface area contributed by atoms with Crippen LogP contribution in [0, 0.1) is 17.2 Å². The molecule has 19 heavy (non-hydrogen) atoms. The Bertz CT molecular complexity index is 457. The summed E-state index contributed by atoms with van der Waals surface area (Å²) in [4.78, 5) is 12.8. The molecule has 0 aliphatic carbocycles. The molecule has 1 amide bonds. The van der Waals surface area contributed by atoms with Crippen LogP contribution < -0.4 is 5.32 Å². The minimum atomic E-state index is -0.121. The van der Waals surface area contributed by atoms with E-state index in [1.807, 2.05) is 19.1 Å². The summed E-state index contributed by atoms with van der Waals surface area (Å²) in [6.45, 7) is 2.67. The molecule has 0 radical (unpaired) electrons. The third kappa shape index (κ3) is 5.77. The Hall–Kier alpha value is -1.51. The Morgan fingerprint density at radius 1 is 1.58 bits per heavy atom. The lowest BCUT2D eigenvalue weighted by Crippen LogP contribution is -2.28. The molecule has 0 spiro atoms. The van der Waals surface area contributed by atoms with Gasteiger partial charge in [-0.3, -0.25) is 4.79 Å². The van der Waals surface area contributed by atoms with Gasteiger partial charge < -0.3 is 10.4 Å². The van der Waals surface area contributed by atoms with Crippen molar-refractivity contribution in [2.45, 2.75) is 18.2 Å². The van der Waals surface area contributed by atoms with E-state index in [9.17, 15) is 4.79 Å². The van der Waals surface area contributed by atoms with Crippen molar-refractivity contribution < 1.29 is 9.90 Å². The third-order valence-corrected chi connectivity index (χ3v) is 3.49. The molecule has 0 saturated heterocycles. The molecule has 1 rings (SSSR count). The van der Waals surface area contributed by atoms with Crippen LogP contribution in [0.25, 0.3) is 0 Å². The highest BCUT2D eigenvalue weighted by molar-refractivity contribution is 7.99. The van der Waals surface area contributed by atoms with Crippen LogP contribution in [0.3, 0.4) is 0 Å². The molecule has 1 aromatic carbocycles. The molecule has 0 heterocycles. The Morgan fingerprint density at radius 3 is 3.05 bits per heavy atom. The summed E-state index contributed by atoms with van der Waals surface area (Å²) >= 11 is 1.41. The van der Waals surface area contributed by atoms with E-state index in [0.717, 1.165) is 4.90 Å². The van der Waals surface area contributed by atoms with E-state index < -0.39 is 0 Å². The van der Waals surface area contributed by atoms with Gasteiger partial charge in [0.05, 0.1) is 11.8 Å². The first-order valence-corrected chi connectivity index (χ1v) is 7.14. The smallest absolute Gasteiger partial charge is 0.251 e. The van der Waals surface area contributed by atoms with Crippen LogP contribution >= 0.6 is 11.8 Å². The van der Waals surface area contributed by atoms with Gasteiger partial charge in [-0.1, -0.05) is 13.0 Å². The van der Waals surface area contributed by atoms with E-state index in [1.54, 1.807) is 12.1 Å². The number of amides is 1. The topological polar surface area (TPSA) is 73.1 Å². The van der Waals surface area contributed by atoms with Crippen LogP contribution in [0.5, 0.6) is 0 Å². The van der Waals surface area contributed by atoms with Gasteiger partial charge in [0, 0.05) is 23.6 Å². The number of nitrogens with zero attached hydrogens (tertiary/aromatic N) is 1. The molecule has 0 aromatic heterocycles. The van der Waals surface area contributed by atoms with Gasteiger partial charge in [0.15, 0.2) is 0 Å². The van der Waals surface area contributed by atoms with Gasteiger partial charge in [0.1, 0.15) is 0 Å². The lowest BCUT2D eigenvalue weighted by molar-refractivity contribution is 0.0945. The van der Waals surface area contributed by atoms with Gasteiger partial charge in [-0.05, 0) is 30.5 Å². The van der Waals surface area contributed by atoms with E-state index in [1.165, 1.54) is 11.8 Å². The molecule has 1 atom stereocenters. The van der Waals surface area contributed by atoms with E-state index in [4.69, 9.17) is 10.4 Å². The maximum Gasteiger partial charge on any atom is 0.251 e. The average Bonchev–Trinajstić information content (AvgIpc) is 2.43. The summed E-state index contributed by atoms with van der Waals surface area (Å²) in [5, 5.41) is 20.2. The number of carbonyl (C=O) groups excluding carboxylic acids is 1. The standard InChI is InChI=1S/C14H18N2O2S/c1-11(5-7-17)10-16-14(18)12-3-2-4-13(9-12)19-8-6-15/h2-4,9,11,17H,5,7-8,10H2,1H3,(H,16,18). The van der Waals surface area contributed by atoms with Crippen molar-refractivity contribution in [1.82, 2.24) is 5.32 Å². The zero-order valence-electron chi connectivity index (χ0n) is 10.9. The maximum absolute atomic E-state index is 11.9. The summed E-state index contributed by atoms with van der Waals surface area (Å²) in [7, 11) is 0. The second-order valence-corrected chi connectivity index (χ2v) is 5.35. The lowest BCUT2D eigenvalue weighted by atomic mass is 10.1. The molecule has 2 N–H and O–H groups in total. The van der Waals surface area contributed by atoms with Crippen LogP contribution in [0.1, 0.15) is 23.7 Å². The van der Waals surface area contributed by atoms with Crippen LogP contribution in [0.2, 0.25) is 0 Å². The van der Waals surface area contributed by atoms with E-state index in [2.05, 4.69) is 11.4 Å². The van der Waals surface area contributed by atoms with Gasteiger partial charge in [0.25, 0.3) is 5.91 Å². The number of nitrogens with one attached hydrogen (secondary N) is 1. The molecule has 102 valence electrons. The fourth-order valence-corrected chi connectivity index (χ4v) is 2.15. The Labute approximate surface area is 117 Å². The zero-order chi connectivity index (χ0) is 14.1. The highest BCUT2D eigenvalue weighted by atomic mass is 32.2. The van der Waals surface area contributed by atoms with Crippen molar-refractivity contribution in [3.63, 3.8) is 0 Å². The molecular weight excluding hydrogens is 260 g/mol. The summed E-state index contributed by atoms with van der Waals surface area (Å²) in [6.07, 6.45) is 0.679. The second kappa shape index (κ2) is 8.57. The van der Waals surface area contributed by atoms with Gasteiger partial charge in [0.2, 0.25) is 0 Å². The number of aliphatic hydroxyl groups excluding tert-OH is 1. The largest absolute Gasteiger partial charge is 0.396 e. The van der Waals surface area contributed by atoms with Crippen molar-refractivity contribution in [1.29, 1.82) is 5.26 Å². The van der Waals surface area contributed by atoms with Crippen LogP contribution in [0.4, 0.5) is 0 Å². The quantitative estimate of drug-likeness (QED) is 0.749. The first-order valence-electron chi connectivity index (χ1n) is 6.16. The zero-order valence-corrected chi connectivity index (χ0v) is 11.7. The first-order chi connectivity index (χ1) is 9.17. The minimum absolute atomic E-state index is 0.121. The number of thioether (sulfide) groups is 1. The molecule has 1 aromatic rings. The molecular formula is C14H18N2O2S. The van der Waals surface area contributed by atoms with Gasteiger partial charge in [-0.15, -0.1) is 11.8 Å². The fourth-order valence-electron chi connectivity index (χ4n) is 1.53. The number of rotatable bonds is 7. The highest BCUT2D eigenvalue weighted by Crippen LogP contribution is 2.18. The normalized spacial score (nSPS) is 11.6. The van der Waals surface area contributed by atoms with Crippen molar-refractivity contribution >= 4 is 17.7 Å². The molecule has 0 fully saturated rings.